The van der Waals surface area contributed by atoms with Crippen molar-refractivity contribution >= 4 is 44.0 Å². The summed E-state index contributed by atoms with van der Waals surface area (Å²) in [6, 6.07) is 4.40. The Bertz CT molecular complexity index is 1040. The molecule has 1 N–H and O–H groups in total. The molecule has 1 aromatic heterocycles. The van der Waals surface area contributed by atoms with Crippen LogP contribution < -0.4 is 5.32 Å². The SMILES string of the molecule is O=C(Nc1nc(CN2CCCCC2)cs1)c1ccc(Cl)c(S(=O)(=O)N2CCCCCC2)c1. The number of hydrogen-bond donors (Lipinski definition) is 1. The van der Waals surface area contributed by atoms with Gasteiger partial charge in [0.25, 0.3) is 5.91 Å². The van der Waals surface area contributed by atoms with Crippen LogP contribution in [0.3, 0.4) is 0 Å². The highest BCUT2D eigenvalue weighted by atomic mass is 35.5. The number of hydrogen-bond acceptors (Lipinski definition) is 6. The van der Waals surface area contributed by atoms with Crippen LogP contribution in [-0.4, -0.2) is 54.7 Å². The number of nitrogens with one attached hydrogen (secondary N) is 1. The summed E-state index contributed by atoms with van der Waals surface area (Å²) in [5.74, 6) is -0.396. The fourth-order valence-corrected chi connectivity index (χ4v) is 6.93. The van der Waals surface area contributed by atoms with Crippen LogP contribution in [0.2, 0.25) is 5.02 Å². The van der Waals surface area contributed by atoms with E-state index in [-0.39, 0.29) is 15.5 Å². The van der Waals surface area contributed by atoms with E-state index in [1.807, 2.05) is 5.38 Å². The minimum absolute atomic E-state index is 0.0151. The van der Waals surface area contributed by atoms with Gasteiger partial charge in [-0.15, -0.1) is 11.3 Å². The Labute approximate surface area is 198 Å². The molecule has 2 aliphatic heterocycles. The minimum Gasteiger partial charge on any atom is -0.298 e. The third-order valence-electron chi connectivity index (χ3n) is 5.98. The molecule has 4 rings (SSSR count). The van der Waals surface area contributed by atoms with Crippen molar-refractivity contribution < 1.29 is 13.2 Å². The number of thiazole rings is 1. The molecule has 0 bridgehead atoms. The van der Waals surface area contributed by atoms with Gasteiger partial charge in [0.2, 0.25) is 10.0 Å². The largest absolute Gasteiger partial charge is 0.298 e. The molecule has 2 aromatic rings. The number of anilines is 1. The fraction of sp³-hybridized carbons (Fsp3) is 0.545. The summed E-state index contributed by atoms with van der Waals surface area (Å²) in [6.45, 7) is 3.91. The van der Waals surface area contributed by atoms with Crippen LogP contribution in [0.15, 0.2) is 28.5 Å². The lowest BCUT2D eigenvalue weighted by atomic mass is 10.1. The highest BCUT2D eigenvalue weighted by Gasteiger charge is 2.28. The second-order valence-corrected chi connectivity index (χ2v) is 11.6. The van der Waals surface area contributed by atoms with Crippen molar-refractivity contribution in [2.45, 2.75) is 56.4 Å². The van der Waals surface area contributed by atoms with Gasteiger partial charge in [-0.25, -0.2) is 13.4 Å². The molecule has 0 unspecified atom stereocenters. The minimum atomic E-state index is -3.75. The van der Waals surface area contributed by atoms with E-state index in [2.05, 4.69) is 15.2 Å². The molecule has 2 aliphatic rings. The molecule has 2 fully saturated rings. The number of halogens is 1. The third-order valence-corrected chi connectivity index (χ3v) is 9.17. The Morgan fingerprint density at radius 2 is 1.69 bits per heavy atom. The number of likely N-dealkylation sites (tertiary alicyclic amines) is 1. The van der Waals surface area contributed by atoms with Gasteiger partial charge in [0.05, 0.1) is 10.7 Å². The maximum absolute atomic E-state index is 13.2. The first-order valence-electron chi connectivity index (χ1n) is 11.2. The quantitative estimate of drug-likeness (QED) is 0.632. The van der Waals surface area contributed by atoms with Crippen LogP contribution in [0.5, 0.6) is 0 Å². The van der Waals surface area contributed by atoms with E-state index >= 15 is 0 Å². The van der Waals surface area contributed by atoms with E-state index in [0.29, 0.717) is 18.2 Å². The molecule has 0 saturated carbocycles. The van der Waals surface area contributed by atoms with E-state index in [1.165, 1.54) is 47.0 Å². The first-order valence-corrected chi connectivity index (χ1v) is 13.9. The zero-order chi connectivity index (χ0) is 22.6. The maximum Gasteiger partial charge on any atom is 0.257 e. The topological polar surface area (TPSA) is 82.6 Å². The molecule has 0 spiro atoms. The predicted molar refractivity (Wildman–Crippen MR) is 128 cm³/mol. The summed E-state index contributed by atoms with van der Waals surface area (Å²) in [6.07, 6.45) is 7.43. The predicted octanol–water partition coefficient (Wildman–Crippen LogP) is 4.60. The second-order valence-electron chi connectivity index (χ2n) is 8.40. The second kappa shape index (κ2) is 10.6. The van der Waals surface area contributed by atoms with Gasteiger partial charge >= 0.3 is 0 Å². The smallest absolute Gasteiger partial charge is 0.257 e. The Morgan fingerprint density at radius 1 is 1.03 bits per heavy atom. The van der Waals surface area contributed by atoms with Crippen molar-refractivity contribution in [3.8, 4) is 0 Å². The van der Waals surface area contributed by atoms with Crippen molar-refractivity contribution in [3.63, 3.8) is 0 Å². The van der Waals surface area contributed by atoms with E-state index in [0.717, 1.165) is 51.0 Å². The molecule has 0 aliphatic carbocycles. The molecule has 2 saturated heterocycles. The van der Waals surface area contributed by atoms with E-state index in [1.54, 1.807) is 6.07 Å². The Hall–Kier alpha value is -1.52. The number of nitrogens with zero attached hydrogens (tertiary/aromatic N) is 3. The highest BCUT2D eigenvalue weighted by Crippen LogP contribution is 2.28. The number of amides is 1. The molecule has 1 amide bonds. The number of carbonyl (C=O) groups is 1. The van der Waals surface area contributed by atoms with Gasteiger partial charge in [-0.3, -0.25) is 15.0 Å². The molecule has 1 aromatic carbocycles. The lowest BCUT2D eigenvalue weighted by Gasteiger charge is -2.25. The van der Waals surface area contributed by atoms with Crippen LogP contribution in [0, 0.1) is 0 Å². The van der Waals surface area contributed by atoms with Crippen LogP contribution in [0.4, 0.5) is 5.13 Å². The summed E-state index contributed by atoms with van der Waals surface area (Å²) in [5, 5.41) is 5.40. The summed E-state index contributed by atoms with van der Waals surface area (Å²) in [4.78, 5) is 19.7. The van der Waals surface area contributed by atoms with Gasteiger partial charge in [0, 0.05) is 30.6 Å². The van der Waals surface area contributed by atoms with E-state index in [4.69, 9.17) is 11.6 Å². The fourth-order valence-electron chi connectivity index (χ4n) is 4.22. The first kappa shape index (κ1) is 23.6. The van der Waals surface area contributed by atoms with Gasteiger partial charge < -0.3 is 0 Å². The summed E-state index contributed by atoms with van der Waals surface area (Å²) in [5.41, 5.74) is 1.18. The summed E-state index contributed by atoms with van der Waals surface area (Å²) < 4.78 is 27.8. The van der Waals surface area contributed by atoms with Crippen LogP contribution in [-0.2, 0) is 16.6 Å². The molecule has 174 valence electrons. The Kier molecular flexibility index (Phi) is 7.83. The number of piperidine rings is 1. The van der Waals surface area contributed by atoms with E-state index < -0.39 is 15.9 Å². The molecule has 10 heteroatoms. The Balaban J connectivity index is 1.46. The average molecular weight is 497 g/mol. The number of rotatable bonds is 6. The molecule has 7 nitrogen and oxygen atoms in total. The standard InChI is InChI=1S/C22H29ClN4O3S2/c23-19-9-8-17(14-20(19)32(29,30)27-12-6-1-2-7-13-27)21(28)25-22-24-18(16-31-22)15-26-10-4-3-5-11-26/h8-9,14,16H,1-7,10-13,15H2,(H,24,25,28). The molecule has 0 radical (unpaired) electrons. The van der Waals surface area contributed by atoms with Gasteiger partial charge in [0.15, 0.2) is 5.13 Å². The van der Waals surface area contributed by atoms with Crippen LogP contribution in [0.25, 0.3) is 0 Å². The molecular weight excluding hydrogens is 468 g/mol. The number of sulfonamides is 1. The summed E-state index contributed by atoms with van der Waals surface area (Å²) >= 11 is 7.63. The number of carbonyl (C=O) groups excluding carboxylic acids is 1. The van der Waals surface area contributed by atoms with Crippen LogP contribution >= 0.6 is 22.9 Å². The first-order chi connectivity index (χ1) is 15.4. The third kappa shape index (κ3) is 5.69. The van der Waals surface area contributed by atoms with Crippen LogP contribution in [0.1, 0.15) is 61.0 Å². The van der Waals surface area contributed by atoms with Gasteiger partial charge in [0.1, 0.15) is 4.90 Å². The molecule has 32 heavy (non-hydrogen) atoms. The van der Waals surface area contributed by atoms with E-state index in [9.17, 15) is 13.2 Å². The zero-order valence-corrected chi connectivity index (χ0v) is 20.4. The number of aromatic nitrogens is 1. The van der Waals surface area contributed by atoms with Crippen molar-refractivity contribution in [1.29, 1.82) is 0 Å². The molecule has 3 heterocycles. The average Bonchev–Trinajstić information content (AvgIpc) is 3.03. The normalized spacial score (nSPS) is 18.9. The lowest BCUT2D eigenvalue weighted by molar-refractivity contribution is 0.102. The van der Waals surface area contributed by atoms with Gasteiger partial charge in [-0.2, -0.15) is 4.31 Å². The molecule has 0 atom stereocenters. The number of benzene rings is 1. The highest BCUT2D eigenvalue weighted by molar-refractivity contribution is 7.89. The van der Waals surface area contributed by atoms with Crippen molar-refractivity contribution in [3.05, 3.63) is 39.9 Å². The lowest BCUT2D eigenvalue weighted by Crippen LogP contribution is -2.32. The molecular formula is C22H29ClN4O3S2. The van der Waals surface area contributed by atoms with Crippen molar-refractivity contribution in [1.82, 2.24) is 14.2 Å². The van der Waals surface area contributed by atoms with Gasteiger partial charge in [-0.05, 0) is 57.0 Å². The maximum atomic E-state index is 13.2. The van der Waals surface area contributed by atoms with Crippen molar-refractivity contribution in [2.24, 2.45) is 0 Å². The van der Waals surface area contributed by atoms with Gasteiger partial charge in [-0.1, -0.05) is 30.9 Å². The zero-order valence-electron chi connectivity index (χ0n) is 18.1. The van der Waals surface area contributed by atoms with Crippen molar-refractivity contribution in [2.75, 3.05) is 31.5 Å². The Morgan fingerprint density at radius 3 is 2.41 bits per heavy atom. The monoisotopic (exact) mass is 496 g/mol. The summed E-state index contributed by atoms with van der Waals surface area (Å²) in [7, 11) is -3.75.